The maximum Gasteiger partial charge on any atom is 0.191 e. The van der Waals surface area contributed by atoms with Crippen molar-refractivity contribution >= 4 is 29.9 Å². The molecule has 0 amide bonds. The number of hydrogen-bond donors (Lipinski definition) is 2. The van der Waals surface area contributed by atoms with Crippen LogP contribution in [0.2, 0.25) is 0 Å². The molecule has 7 heteroatoms. The normalized spacial score (nSPS) is 12.5. The van der Waals surface area contributed by atoms with Gasteiger partial charge in [0.2, 0.25) is 0 Å². The fourth-order valence-corrected chi connectivity index (χ4v) is 2.92. The van der Waals surface area contributed by atoms with Crippen molar-refractivity contribution in [3.8, 4) is 5.75 Å². The van der Waals surface area contributed by atoms with E-state index in [1.807, 2.05) is 6.92 Å². The Balaban J connectivity index is 0.00000729. The molecule has 1 aromatic carbocycles. The van der Waals surface area contributed by atoms with Gasteiger partial charge in [0.05, 0.1) is 6.61 Å². The Bertz CT molecular complexity index is 565. The van der Waals surface area contributed by atoms with Crippen LogP contribution in [0.3, 0.4) is 0 Å². The van der Waals surface area contributed by atoms with Crippen molar-refractivity contribution in [2.75, 3.05) is 46.5 Å². The van der Waals surface area contributed by atoms with Gasteiger partial charge < -0.3 is 20.1 Å². The van der Waals surface area contributed by atoms with E-state index in [1.54, 1.807) is 7.05 Å². The zero-order valence-corrected chi connectivity index (χ0v) is 20.7. The highest BCUT2D eigenvalue weighted by atomic mass is 127. The molecule has 0 heterocycles. The van der Waals surface area contributed by atoms with E-state index in [-0.39, 0.29) is 24.0 Å². The van der Waals surface area contributed by atoms with Gasteiger partial charge in [0.1, 0.15) is 12.4 Å². The highest BCUT2D eigenvalue weighted by molar-refractivity contribution is 14.0. The van der Waals surface area contributed by atoms with E-state index in [0.29, 0.717) is 32.4 Å². The van der Waals surface area contributed by atoms with Crippen molar-refractivity contribution in [2.45, 2.75) is 47.2 Å². The Kier molecular flexibility index (Phi) is 15.2. The summed E-state index contributed by atoms with van der Waals surface area (Å²) in [6.45, 7) is 16.2. The van der Waals surface area contributed by atoms with Crippen molar-refractivity contribution in [3.63, 3.8) is 0 Å². The van der Waals surface area contributed by atoms with Crippen molar-refractivity contribution < 1.29 is 9.47 Å². The number of nitrogens with one attached hydrogen (secondary N) is 2. The molecule has 0 saturated carbocycles. The summed E-state index contributed by atoms with van der Waals surface area (Å²) in [5.41, 5.74) is 2.29. The van der Waals surface area contributed by atoms with E-state index in [9.17, 15) is 0 Å². The smallest absolute Gasteiger partial charge is 0.191 e. The Hall–Kier alpha value is -1.06. The van der Waals surface area contributed by atoms with E-state index >= 15 is 0 Å². The van der Waals surface area contributed by atoms with Crippen LogP contribution in [0.15, 0.2) is 23.2 Å². The summed E-state index contributed by atoms with van der Waals surface area (Å²) in [5, 5.41) is 6.80. The lowest BCUT2D eigenvalue weighted by atomic mass is 10.1. The van der Waals surface area contributed by atoms with E-state index in [2.05, 4.69) is 66.4 Å². The number of nitrogens with zero attached hydrogens (tertiary/aromatic N) is 2. The third-order valence-corrected chi connectivity index (χ3v) is 4.58. The molecule has 162 valence electrons. The fraction of sp³-hybridized carbons (Fsp3) is 0.667. The predicted octanol–water partition coefficient (Wildman–Crippen LogP) is 3.42. The summed E-state index contributed by atoms with van der Waals surface area (Å²) < 4.78 is 11.3. The van der Waals surface area contributed by atoms with Crippen LogP contribution in [0.4, 0.5) is 0 Å². The average molecular weight is 506 g/mol. The molecule has 2 N–H and O–H groups in total. The minimum absolute atomic E-state index is 0. The topological polar surface area (TPSA) is 58.1 Å². The van der Waals surface area contributed by atoms with Gasteiger partial charge in [-0.3, -0.25) is 9.89 Å². The first-order chi connectivity index (χ1) is 13.0. The van der Waals surface area contributed by atoms with Crippen LogP contribution < -0.4 is 15.4 Å². The molecule has 0 bridgehead atoms. The Labute approximate surface area is 188 Å². The maximum atomic E-state index is 5.91. The van der Waals surface area contributed by atoms with Crippen LogP contribution in [-0.4, -0.2) is 63.4 Å². The molecular formula is C21H39IN4O2. The summed E-state index contributed by atoms with van der Waals surface area (Å²) >= 11 is 0. The van der Waals surface area contributed by atoms with Crippen molar-refractivity contribution in [1.82, 2.24) is 15.5 Å². The SMILES string of the molecule is CCOCCOc1cc(C)ccc1CNC(=NC)NCC(C)N(CC)CC.I. The second-order valence-electron chi connectivity index (χ2n) is 6.53. The molecule has 1 rings (SSSR count). The quantitative estimate of drug-likeness (QED) is 0.197. The number of hydrogen-bond acceptors (Lipinski definition) is 4. The molecular weight excluding hydrogens is 467 g/mol. The molecule has 1 aromatic rings. The van der Waals surface area contributed by atoms with Crippen LogP contribution in [0.1, 0.15) is 38.8 Å². The number of rotatable bonds is 12. The van der Waals surface area contributed by atoms with E-state index in [1.165, 1.54) is 5.56 Å². The highest BCUT2D eigenvalue weighted by Gasteiger charge is 2.11. The zero-order valence-electron chi connectivity index (χ0n) is 18.4. The Morgan fingerprint density at radius 1 is 1.14 bits per heavy atom. The standard InChI is InChI=1S/C21H38N4O2.HI/c1-7-25(8-2)18(5)15-23-21(22-6)24-16-19-11-10-17(4)14-20(19)27-13-12-26-9-3;/h10-11,14,18H,7-9,12-13,15-16H2,1-6H3,(H2,22,23,24);1H. The molecule has 0 fully saturated rings. The average Bonchev–Trinajstić information content (AvgIpc) is 2.67. The lowest BCUT2D eigenvalue weighted by Crippen LogP contribution is -2.45. The summed E-state index contributed by atoms with van der Waals surface area (Å²) in [6.07, 6.45) is 0. The first-order valence-electron chi connectivity index (χ1n) is 10.0. The summed E-state index contributed by atoms with van der Waals surface area (Å²) in [7, 11) is 1.80. The number of halogens is 1. The van der Waals surface area contributed by atoms with E-state index < -0.39 is 0 Å². The van der Waals surface area contributed by atoms with Crippen molar-refractivity contribution in [3.05, 3.63) is 29.3 Å². The summed E-state index contributed by atoms with van der Waals surface area (Å²) in [5.74, 6) is 1.70. The number of guanidine groups is 1. The summed E-state index contributed by atoms with van der Waals surface area (Å²) in [4.78, 5) is 6.76. The van der Waals surface area contributed by atoms with Gasteiger partial charge in [-0.05, 0) is 45.5 Å². The van der Waals surface area contributed by atoms with Gasteiger partial charge in [-0.15, -0.1) is 24.0 Å². The monoisotopic (exact) mass is 506 g/mol. The minimum atomic E-state index is 0. The fourth-order valence-electron chi connectivity index (χ4n) is 2.92. The minimum Gasteiger partial charge on any atom is -0.491 e. The van der Waals surface area contributed by atoms with Crippen LogP contribution in [0, 0.1) is 6.92 Å². The van der Waals surface area contributed by atoms with Crippen molar-refractivity contribution in [1.29, 1.82) is 0 Å². The second-order valence-corrected chi connectivity index (χ2v) is 6.53. The third kappa shape index (κ3) is 9.93. The van der Waals surface area contributed by atoms with Gasteiger partial charge in [-0.25, -0.2) is 0 Å². The van der Waals surface area contributed by atoms with Gasteiger partial charge in [0, 0.05) is 38.3 Å². The molecule has 1 atom stereocenters. The van der Waals surface area contributed by atoms with Gasteiger partial charge in [-0.2, -0.15) is 0 Å². The third-order valence-electron chi connectivity index (χ3n) is 4.58. The van der Waals surface area contributed by atoms with Gasteiger partial charge >= 0.3 is 0 Å². The zero-order chi connectivity index (χ0) is 20.1. The van der Waals surface area contributed by atoms with Gasteiger partial charge in [-0.1, -0.05) is 26.0 Å². The lowest BCUT2D eigenvalue weighted by molar-refractivity contribution is 0.110. The second kappa shape index (κ2) is 15.8. The van der Waals surface area contributed by atoms with Crippen molar-refractivity contribution in [2.24, 2.45) is 4.99 Å². The number of aryl methyl sites for hydroxylation is 1. The molecule has 1 unspecified atom stereocenters. The molecule has 0 spiro atoms. The van der Waals surface area contributed by atoms with Crippen LogP contribution in [-0.2, 0) is 11.3 Å². The molecule has 0 aliphatic carbocycles. The predicted molar refractivity (Wildman–Crippen MR) is 129 cm³/mol. The maximum absolute atomic E-state index is 5.91. The van der Waals surface area contributed by atoms with E-state index in [0.717, 1.165) is 36.9 Å². The van der Waals surface area contributed by atoms with Gasteiger partial charge in [0.15, 0.2) is 5.96 Å². The van der Waals surface area contributed by atoms with E-state index in [4.69, 9.17) is 9.47 Å². The molecule has 0 saturated heterocycles. The highest BCUT2D eigenvalue weighted by Crippen LogP contribution is 2.20. The van der Waals surface area contributed by atoms with Crippen LogP contribution in [0.25, 0.3) is 0 Å². The molecule has 0 radical (unpaired) electrons. The summed E-state index contributed by atoms with van der Waals surface area (Å²) in [6, 6.07) is 6.73. The molecule has 0 aliphatic heterocycles. The molecule has 0 aromatic heterocycles. The van der Waals surface area contributed by atoms with Gasteiger partial charge in [0.25, 0.3) is 0 Å². The van der Waals surface area contributed by atoms with Crippen LogP contribution in [0.5, 0.6) is 5.75 Å². The number of ether oxygens (including phenoxy) is 2. The Morgan fingerprint density at radius 2 is 1.86 bits per heavy atom. The molecule has 28 heavy (non-hydrogen) atoms. The number of likely N-dealkylation sites (N-methyl/N-ethyl adjacent to an activating group) is 1. The first kappa shape index (κ1) is 26.9. The number of aliphatic imine (C=N–C) groups is 1. The first-order valence-corrected chi connectivity index (χ1v) is 10.0. The molecule has 6 nitrogen and oxygen atoms in total. The Morgan fingerprint density at radius 3 is 2.46 bits per heavy atom. The molecule has 0 aliphatic rings. The lowest BCUT2D eigenvalue weighted by Gasteiger charge is -2.27. The largest absolute Gasteiger partial charge is 0.491 e. The number of benzene rings is 1. The van der Waals surface area contributed by atoms with Crippen LogP contribution >= 0.6 is 24.0 Å².